The minimum atomic E-state index is -1.03. The third-order valence-electron chi connectivity index (χ3n) is 8.92. The van der Waals surface area contributed by atoms with E-state index in [0.29, 0.717) is 37.9 Å². The van der Waals surface area contributed by atoms with E-state index >= 15 is 0 Å². The summed E-state index contributed by atoms with van der Waals surface area (Å²) in [6.07, 6.45) is 1.70. The van der Waals surface area contributed by atoms with Gasteiger partial charge in [-0.15, -0.1) is 0 Å². The molecule has 51 heavy (non-hydrogen) atoms. The SMILES string of the molecule is CC(C)C[C@H](NC(=O)[C@H](CCc1ccccc1)NC(=O)c1ccccc1)C(=O)N[C@@H](Cc1ccccc1)C(=O)N[C@@H](CC(C)C)C(=O)[C@@]1(C)CO1. The summed E-state index contributed by atoms with van der Waals surface area (Å²) in [6.45, 7) is 9.84. The van der Waals surface area contributed by atoms with Crippen molar-refractivity contribution in [2.24, 2.45) is 11.8 Å². The summed E-state index contributed by atoms with van der Waals surface area (Å²) in [5.74, 6) is -2.00. The van der Waals surface area contributed by atoms with Gasteiger partial charge >= 0.3 is 0 Å². The molecule has 10 nitrogen and oxygen atoms in total. The second-order valence-electron chi connectivity index (χ2n) is 14.4. The van der Waals surface area contributed by atoms with Crippen LogP contribution in [0, 0.1) is 11.8 Å². The molecule has 0 aliphatic carbocycles. The first-order chi connectivity index (χ1) is 24.3. The Balaban J connectivity index is 1.54. The maximum atomic E-state index is 14.1. The van der Waals surface area contributed by atoms with Crippen LogP contribution in [0.15, 0.2) is 91.0 Å². The van der Waals surface area contributed by atoms with E-state index < -0.39 is 53.4 Å². The first-order valence-electron chi connectivity index (χ1n) is 17.9. The molecule has 0 aromatic heterocycles. The molecular weight excluding hydrogens is 644 g/mol. The van der Waals surface area contributed by atoms with E-state index in [1.54, 1.807) is 37.3 Å². The molecule has 0 unspecified atom stereocenters. The number of aryl methyl sites for hydroxylation is 1. The van der Waals surface area contributed by atoms with E-state index in [2.05, 4.69) is 21.3 Å². The summed E-state index contributed by atoms with van der Waals surface area (Å²) in [6, 6.07) is 23.9. The molecule has 1 aliphatic heterocycles. The molecule has 272 valence electrons. The van der Waals surface area contributed by atoms with Gasteiger partial charge in [0.1, 0.15) is 23.7 Å². The van der Waals surface area contributed by atoms with Crippen molar-refractivity contribution in [2.45, 2.75) is 96.5 Å². The second kappa shape index (κ2) is 18.4. The van der Waals surface area contributed by atoms with Crippen LogP contribution in [-0.4, -0.2) is 65.8 Å². The molecule has 3 aromatic rings. The van der Waals surface area contributed by atoms with Gasteiger partial charge in [0.2, 0.25) is 17.7 Å². The Bertz CT molecular complexity index is 1610. The smallest absolute Gasteiger partial charge is 0.251 e. The van der Waals surface area contributed by atoms with Crippen LogP contribution in [0.3, 0.4) is 0 Å². The van der Waals surface area contributed by atoms with Crippen molar-refractivity contribution < 1.29 is 28.7 Å². The largest absolute Gasteiger partial charge is 0.361 e. The lowest BCUT2D eigenvalue weighted by Gasteiger charge is -2.28. The molecule has 3 aromatic carbocycles. The summed E-state index contributed by atoms with van der Waals surface area (Å²) >= 11 is 0. The van der Waals surface area contributed by atoms with Gasteiger partial charge in [0.15, 0.2) is 5.78 Å². The number of hydrogen-bond acceptors (Lipinski definition) is 6. The second-order valence-corrected chi connectivity index (χ2v) is 14.4. The average molecular weight is 697 g/mol. The average Bonchev–Trinajstić information content (AvgIpc) is 3.87. The number of ketones is 1. The molecule has 1 heterocycles. The molecule has 1 saturated heterocycles. The number of amides is 4. The van der Waals surface area contributed by atoms with E-state index in [0.717, 1.165) is 11.1 Å². The van der Waals surface area contributed by atoms with Crippen molar-refractivity contribution in [1.82, 2.24) is 21.3 Å². The number of hydrogen-bond donors (Lipinski definition) is 4. The summed E-state index contributed by atoms with van der Waals surface area (Å²) in [4.78, 5) is 68.4. The Hall–Kier alpha value is -4.83. The van der Waals surface area contributed by atoms with Crippen molar-refractivity contribution in [3.63, 3.8) is 0 Å². The van der Waals surface area contributed by atoms with Gasteiger partial charge in [-0.1, -0.05) is 107 Å². The molecule has 4 N–H and O–H groups in total. The van der Waals surface area contributed by atoms with Gasteiger partial charge in [0.05, 0.1) is 12.6 Å². The van der Waals surface area contributed by atoms with E-state index in [9.17, 15) is 24.0 Å². The van der Waals surface area contributed by atoms with Crippen LogP contribution >= 0.6 is 0 Å². The van der Waals surface area contributed by atoms with Crippen LogP contribution in [-0.2, 0) is 36.8 Å². The van der Waals surface area contributed by atoms with Gasteiger partial charge < -0.3 is 26.0 Å². The fourth-order valence-corrected chi connectivity index (χ4v) is 5.96. The molecule has 0 bridgehead atoms. The zero-order valence-electron chi connectivity index (χ0n) is 30.3. The first kappa shape index (κ1) is 39.0. The molecule has 0 radical (unpaired) electrons. The topological polar surface area (TPSA) is 146 Å². The van der Waals surface area contributed by atoms with Crippen molar-refractivity contribution >= 4 is 29.4 Å². The number of benzene rings is 3. The van der Waals surface area contributed by atoms with Crippen molar-refractivity contribution in [3.8, 4) is 0 Å². The summed E-state index contributed by atoms with van der Waals surface area (Å²) in [7, 11) is 0. The summed E-state index contributed by atoms with van der Waals surface area (Å²) in [5, 5.41) is 11.6. The number of rotatable bonds is 19. The lowest BCUT2D eigenvalue weighted by molar-refractivity contribution is -0.134. The Morgan fingerprint density at radius 1 is 0.608 bits per heavy atom. The standard InChI is InChI=1S/C41H52N4O6/c1-27(2)23-33(36(46)41(5)26-51-41)43-40(50)35(25-30-17-11-7-12-18-30)45-39(49)34(24-28(3)4)44-38(48)32(22-21-29-15-9-6-10-16-29)42-37(47)31-19-13-8-14-20-31/h6-20,27-28,32-35H,21-26H2,1-5H3,(H,42,47)(H,43,50)(H,44,48)(H,45,49)/t32-,33-,34-,35-,41+/m0/s1. The van der Waals surface area contributed by atoms with Gasteiger partial charge in [0.25, 0.3) is 5.91 Å². The molecule has 4 amide bonds. The number of nitrogens with one attached hydrogen (secondary N) is 4. The highest BCUT2D eigenvalue weighted by molar-refractivity contribution is 6.00. The number of carbonyl (C=O) groups is 5. The van der Waals surface area contributed by atoms with Gasteiger partial charge in [-0.3, -0.25) is 24.0 Å². The maximum absolute atomic E-state index is 14.1. The lowest BCUT2D eigenvalue weighted by Crippen LogP contribution is -2.59. The number of ether oxygens (including phenoxy) is 1. The van der Waals surface area contributed by atoms with Crippen LogP contribution in [0.4, 0.5) is 0 Å². The minimum Gasteiger partial charge on any atom is -0.361 e. The van der Waals surface area contributed by atoms with Crippen molar-refractivity contribution in [2.75, 3.05) is 6.61 Å². The number of carbonyl (C=O) groups excluding carboxylic acids is 5. The highest BCUT2D eigenvalue weighted by Crippen LogP contribution is 2.29. The fraction of sp³-hybridized carbons (Fsp3) is 0.439. The highest BCUT2D eigenvalue weighted by atomic mass is 16.6. The molecule has 5 atom stereocenters. The zero-order valence-corrected chi connectivity index (χ0v) is 30.3. The molecule has 4 rings (SSSR count). The predicted molar refractivity (Wildman–Crippen MR) is 197 cm³/mol. The van der Waals surface area contributed by atoms with Gasteiger partial charge in [0, 0.05) is 12.0 Å². The molecule has 0 saturated carbocycles. The highest BCUT2D eigenvalue weighted by Gasteiger charge is 2.50. The van der Waals surface area contributed by atoms with E-state index in [1.165, 1.54) is 0 Å². The monoisotopic (exact) mass is 696 g/mol. The van der Waals surface area contributed by atoms with Crippen molar-refractivity contribution in [3.05, 3.63) is 108 Å². The van der Waals surface area contributed by atoms with Crippen LogP contribution in [0.2, 0.25) is 0 Å². The molecule has 1 fully saturated rings. The Morgan fingerprint density at radius 3 is 1.61 bits per heavy atom. The first-order valence-corrected chi connectivity index (χ1v) is 17.9. The molecule has 10 heteroatoms. The normalized spacial score (nSPS) is 17.5. The van der Waals surface area contributed by atoms with Gasteiger partial charge in [-0.05, 0) is 67.7 Å². The Labute approximate surface area is 301 Å². The van der Waals surface area contributed by atoms with Crippen LogP contribution < -0.4 is 21.3 Å². The summed E-state index contributed by atoms with van der Waals surface area (Å²) < 4.78 is 5.40. The molecular formula is C41H52N4O6. The maximum Gasteiger partial charge on any atom is 0.251 e. The van der Waals surface area contributed by atoms with Crippen LogP contribution in [0.25, 0.3) is 0 Å². The Morgan fingerprint density at radius 2 is 1.06 bits per heavy atom. The third-order valence-corrected chi connectivity index (χ3v) is 8.92. The van der Waals surface area contributed by atoms with E-state index in [4.69, 9.17) is 4.74 Å². The van der Waals surface area contributed by atoms with Crippen LogP contribution in [0.1, 0.15) is 75.4 Å². The van der Waals surface area contributed by atoms with Crippen LogP contribution in [0.5, 0.6) is 0 Å². The predicted octanol–water partition coefficient (Wildman–Crippen LogP) is 4.57. The quantitative estimate of drug-likeness (QED) is 0.135. The lowest BCUT2D eigenvalue weighted by atomic mass is 9.93. The van der Waals surface area contributed by atoms with Crippen molar-refractivity contribution in [1.29, 1.82) is 0 Å². The number of epoxide rings is 1. The van der Waals surface area contributed by atoms with Gasteiger partial charge in [-0.25, -0.2) is 0 Å². The summed E-state index contributed by atoms with van der Waals surface area (Å²) in [5.41, 5.74) is 1.31. The minimum absolute atomic E-state index is 0.0106. The molecule has 1 aliphatic rings. The number of Topliss-reactive ketones (excluding diaryl/α,β-unsaturated/α-hetero) is 1. The fourth-order valence-electron chi connectivity index (χ4n) is 5.96. The molecule has 0 spiro atoms. The third kappa shape index (κ3) is 12.2. The Kier molecular flexibility index (Phi) is 14.1. The van der Waals surface area contributed by atoms with E-state index in [1.807, 2.05) is 88.4 Å². The van der Waals surface area contributed by atoms with Gasteiger partial charge in [-0.2, -0.15) is 0 Å². The zero-order chi connectivity index (χ0) is 37.0. The van der Waals surface area contributed by atoms with E-state index in [-0.39, 0.29) is 24.0 Å².